The lowest BCUT2D eigenvalue weighted by molar-refractivity contribution is -0.140. The van der Waals surface area contributed by atoms with Gasteiger partial charge in [-0.2, -0.15) is 0 Å². The van der Waals surface area contributed by atoms with Gasteiger partial charge < -0.3 is 24.4 Å². The molecule has 2 aliphatic rings. The molecule has 0 aliphatic carbocycles. The first-order valence-electron chi connectivity index (χ1n) is 12.5. The molecule has 1 fully saturated rings. The normalized spacial score (nSPS) is 19.0. The fraction of sp³-hybridized carbons (Fsp3) is 0.429. The minimum Gasteiger partial charge on any atom is -0.507 e. The second kappa shape index (κ2) is 11.0. The number of ether oxygens (including phenoxy) is 2. The van der Waals surface area contributed by atoms with Crippen LogP contribution in [0.4, 0.5) is 0 Å². The van der Waals surface area contributed by atoms with Crippen LogP contribution >= 0.6 is 0 Å². The van der Waals surface area contributed by atoms with Crippen molar-refractivity contribution in [3.8, 4) is 11.5 Å². The summed E-state index contributed by atoms with van der Waals surface area (Å²) in [6.07, 6.45) is 1.63. The van der Waals surface area contributed by atoms with Crippen LogP contribution in [0.5, 0.6) is 11.5 Å². The van der Waals surface area contributed by atoms with Crippen molar-refractivity contribution in [1.29, 1.82) is 0 Å². The number of aliphatic hydroxyl groups is 1. The van der Waals surface area contributed by atoms with Gasteiger partial charge in [-0.3, -0.25) is 9.59 Å². The number of fused-ring (bicyclic) bond motifs is 1. The molecule has 0 aromatic heterocycles. The Bertz CT molecular complexity index is 1100. The molecule has 186 valence electrons. The molecule has 0 bridgehead atoms. The van der Waals surface area contributed by atoms with E-state index in [2.05, 4.69) is 25.7 Å². The maximum atomic E-state index is 13.3. The van der Waals surface area contributed by atoms with Gasteiger partial charge in [0, 0.05) is 12.1 Å². The second-order valence-corrected chi connectivity index (χ2v) is 8.83. The average molecular weight is 479 g/mol. The topological polar surface area (TPSA) is 79.3 Å². The minimum atomic E-state index is -0.662. The summed E-state index contributed by atoms with van der Waals surface area (Å²) in [5.74, 6) is -0.330. The Labute approximate surface area is 206 Å². The third-order valence-electron chi connectivity index (χ3n) is 6.83. The van der Waals surface area contributed by atoms with E-state index in [1.54, 1.807) is 23.1 Å². The lowest BCUT2D eigenvalue weighted by atomic mass is 9.94. The molecule has 7 heteroatoms. The molecule has 1 atom stereocenters. The Morgan fingerprint density at radius 3 is 2.34 bits per heavy atom. The molecule has 0 radical (unpaired) electrons. The van der Waals surface area contributed by atoms with Crippen LogP contribution in [-0.2, 0) is 16.0 Å². The first-order valence-corrected chi connectivity index (χ1v) is 12.5. The van der Waals surface area contributed by atoms with E-state index in [0.29, 0.717) is 36.8 Å². The molecular weight excluding hydrogens is 444 g/mol. The summed E-state index contributed by atoms with van der Waals surface area (Å²) in [5, 5.41) is 11.3. The molecular formula is C28H34N2O5. The number of likely N-dealkylation sites (tertiary alicyclic amines) is 1. The maximum absolute atomic E-state index is 13.3. The van der Waals surface area contributed by atoms with E-state index in [4.69, 9.17) is 9.47 Å². The number of carbonyl (C=O) groups is 2. The average Bonchev–Trinajstić information content (AvgIpc) is 3.15. The maximum Gasteiger partial charge on any atom is 0.295 e. The summed E-state index contributed by atoms with van der Waals surface area (Å²) < 4.78 is 11.2. The molecule has 2 heterocycles. The largest absolute Gasteiger partial charge is 0.507 e. The number of hydrogen-bond donors (Lipinski definition) is 1. The van der Waals surface area contributed by atoms with Crippen LogP contribution in [0.1, 0.15) is 49.9 Å². The van der Waals surface area contributed by atoms with Crippen molar-refractivity contribution in [2.24, 2.45) is 0 Å². The fourth-order valence-corrected chi connectivity index (χ4v) is 4.74. The van der Waals surface area contributed by atoms with E-state index in [1.807, 2.05) is 24.3 Å². The first-order chi connectivity index (χ1) is 17.0. The van der Waals surface area contributed by atoms with E-state index < -0.39 is 17.7 Å². The zero-order valence-corrected chi connectivity index (χ0v) is 20.8. The molecule has 4 rings (SSSR count). The molecule has 1 unspecified atom stereocenters. The van der Waals surface area contributed by atoms with Crippen molar-refractivity contribution in [2.75, 3.05) is 39.4 Å². The van der Waals surface area contributed by atoms with Gasteiger partial charge in [0.25, 0.3) is 11.7 Å². The Morgan fingerprint density at radius 2 is 1.69 bits per heavy atom. The summed E-state index contributed by atoms with van der Waals surface area (Å²) in [7, 11) is 0. The van der Waals surface area contributed by atoms with Gasteiger partial charge in [-0.05, 0) is 61.8 Å². The van der Waals surface area contributed by atoms with Gasteiger partial charge in [-0.15, -0.1) is 0 Å². The van der Waals surface area contributed by atoms with Crippen molar-refractivity contribution in [3.63, 3.8) is 0 Å². The van der Waals surface area contributed by atoms with Gasteiger partial charge in [-0.1, -0.05) is 45.0 Å². The number of aliphatic hydroxyl groups excluding tert-OH is 1. The Balaban J connectivity index is 1.73. The molecule has 2 aromatic carbocycles. The zero-order chi connectivity index (χ0) is 24.9. The molecule has 1 saturated heterocycles. The predicted octanol–water partition coefficient (Wildman–Crippen LogP) is 4.17. The molecule has 0 spiro atoms. The van der Waals surface area contributed by atoms with E-state index in [9.17, 15) is 14.7 Å². The van der Waals surface area contributed by atoms with E-state index in [1.165, 1.54) is 5.56 Å². The fourth-order valence-electron chi connectivity index (χ4n) is 4.74. The SMILES string of the molecule is CCc1ccc(C2/C(=C(/O)c3ccc4c(c3)OCCO4)C(=O)C(=O)N2CCCN(CC)CC)cc1. The molecule has 1 amide bonds. The highest BCUT2D eigenvalue weighted by atomic mass is 16.6. The summed E-state index contributed by atoms with van der Waals surface area (Å²) in [6, 6.07) is 12.3. The first kappa shape index (κ1) is 24.8. The lowest BCUT2D eigenvalue weighted by Crippen LogP contribution is -2.33. The highest BCUT2D eigenvalue weighted by Crippen LogP contribution is 2.41. The van der Waals surface area contributed by atoms with Crippen molar-refractivity contribution >= 4 is 17.4 Å². The number of rotatable bonds is 9. The van der Waals surface area contributed by atoms with Crippen LogP contribution in [0, 0.1) is 0 Å². The Morgan fingerprint density at radius 1 is 1.00 bits per heavy atom. The standard InChI is InChI=1S/C28H34N2O5/c1-4-19-8-10-20(11-9-19)25-24(26(31)21-12-13-22-23(18-21)35-17-16-34-22)27(32)28(33)30(25)15-7-14-29(5-2)6-3/h8-13,18,25,31H,4-7,14-17H2,1-3H3/b26-24-. The predicted molar refractivity (Wildman–Crippen MR) is 135 cm³/mol. The van der Waals surface area contributed by atoms with Crippen LogP contribution in [0.2, 0.25) is 0 Å². The number of carbonyl (C=O) groups excluding carboxylic acids is 2. The molecule has 1 N–H and O–H groups in total. The highest BCUT2D eigenvalue weighted by molar-refractivity contribution is 6.46. The van der Waals surface area contributed by atoms with Crippen LogP contribution in [0.15, 0.2) is 48.0 Å². The number of hydrogen-bond acceptors (Lipinski definition) is 6. The quantitative estimate of drug-likeness (QED) is 0.331. The summed E-state index contributed by atoms with van der Waals surface area (Å²) in [6.45, 7) is 10.3. The van der Waals surface area contributed by atoms with Gasteiger partial charge in [0.05, 0.1) is 11.6 Å². The van der Waals surface area contributed by atoms with Crippen molar-refractivity contribution in [1.82, 2.24) is 9.80 Å². The number of ketones is 1. The minimum absolute atomic E-state index is 0.110. The highest BCUT2D eigenvalue weighted by Gasteiger charge is 2.45. The van der Waals surface area contributed by atoms with Crippen LogP contribution < -0.4 is 9.47 Å². The summed E-state index contributed by atoms with van der Waals surface area (Å²) in [5.41, 5.74) is 2.51. The smallest absolute Gasteiger partial charge is 0.295 e. The number of Topliss-reactive ketones (excluding diaryl/α,β-unsaturated/α-hetero) is 1. The van der Waals surface area contributed by atoms with Crippen LogP contribution in [0.3, 0.4) is 0 Å². The number of amides is 1. The van der Waals surface area contributed by atoms with Crippen molar-refractivity contribution in [3.05, 3.63) is 64.7 Å². The van der Waals surface area contributed by atoms with Crippen molar-refractivity contribution < 1.29 is 24.2 Å². The number of nitrogens with zero attached hydrogens (tertiary/aromatic N) is 2. The van der Waals surface area contributed by atoms with Gasteiger partial charge in [0.1, 0.15) is 19.0 Å². The zero-order valence-electron chi connectivity index (χ0n) is 20.8. The van der Waals surface area contributed by atoms with E-state index >= 15 is 0 Å². The van der Waals surface area contributed by atoms with Gasteiger partial charge in [-0.25, -0.2) is 0 Å². The summed E-state index contributed by atoms with van der Waals surface area (Å²) >= 11 is 0. The third-order valence-corrected chi connectivity index (χ3v) is 6.83. The third kappa shape index (κ3) is 5.05. The van der Waals surface area contributed by atoms with Gasteiger partial charge in [0.15, 0.2) is 11.5 Å². The van der Waals surface area contributed by atoms with E-state index in [0.717, 1.165) is 38.0 Å². The Hall–Kier alpha value is -3.32. The van der Waals surface area contributed by atoms with Crippen molar-refractivity contribution in [2.45, 2.75) is 39.7 Å². The molecule has 2 aliphatic heterocycles. The van der Waals surface area contributed by atoms with Gasteiger partial charge >= 0.3 is 0 Å². The van der Waals surface area contributed by atoms with Gasteiger partial charge in [0.2, 0.25) is 0 Å². The monoisotopic (exact) mass is 478 g/mol. The molecule has 2 aromatic rings. The number of benzene rings is 2. The molecule has 35 heavy (non-hydrogen) atoms. The number of aryl methyl sites for hydroxylation is 1. The second-order valence-electron chi connectivity index (χ2n) is 8.83. The lowest BCUT2D eigenvalue weighted by Gasteiger charge is -2.27. The van der Waals surface area contributed by atoms with Crippen LogP contribution in [-0.4, -0.2) is 66.0 Å². The molecule has 7 nitrogen and oxygen atoms in total. The van der Waals surface area contributed by atoms with Crippen LogP contribution in [0.25, 0.3) is 5.76 Å². The van der Waals surface area contributed by atoms with E-state index in [-0.39, 0.29) is 11.3 Å². The summed E-state index contributed by atoms with van der Waals surface area (Å²) in [4.78, 5) is 30.3. The molecule has 0 saturated carbocycles. The Kier molecular flexibility index (Phi) is 7.76.